The lowest BCUT2D eigenvalue weighted by Gasteiger charge is -2.30. The van der Waals surface area contributed by atoms with E-state index in [1.807, 2.05) is 24.3 Å². The lowest BCUT2D eigenvalue weighted by Crippen LogP contribution is -2.58. The minimum Gasteiger partial charge on any atom is -0.444 e. The molecule has 1 aromatic carbocycles. The molecule has 3 aliphatic heterocycles. The van der Waals surface area contributed by atoms with Crippen LogP contribution >= 0.6 is 0 Å². The number of fused-ring (bicyclic) bond motifs is 3. The molecule has 0 aromatic heterocycles. The van der Waals surface area contributed by atoms with Crippen LogP contribution < -0.4 is 15.4 Å². The minimum atomic E-state index is -4.84. The molecule has 6 atom stereocenters. The Morgan fingerprint density at radius 1 is 1.00 bits per heavy atom. The number of carbonyl (C=O) groups excluding carboxylic acids is 5. The molecule has 5 aliphatic rings. The van der Waals surface area contributed by atoms with E-state index < -0.39 is 81.2 Å². The number of nitrogens with one attached hydrogen (secondary N) is 3. The van der Waals surface area contributed by atoms with Gasteiger partial charge in [0.1, 0.15) is 23.7 Å². The number of hydrogen-bond donors (Lipinski definition) is 3. The Morgan fingerprint density at radius 2 is 1.68 bits per heavy atom. The average molecular weight is 770 g/mol. The summed E-state index contributed by atoms with van der Waals surface area (Å²) >= 11 is 0. The van der Waals surface area contributed by atoms with Crippen LogP contribution in [0.1, 0.15) is 88.7 Å². The highest BCUT2D eigenvalue weighted by atomic mass is 32.2. The molecular formula is C35H46F3N5O9S. The number of halogens is 3. The van der Waals surface area contributed by atoms with E-state index in [0.29, 0.717) is 65.0 Å². The van der Waals surface area contributed by atoms with E-state index in [1.165, 1.54) is 4.90 Å². The monoisotopic (exact) mass is 769 g/mol. The Morgan fingerprint density at radius 3 is 2.38 bits per heavy atom. The molecule has 2 saturated carbocycles. The molecule has 5 amide bonds. The molecule has 1 unspecified atom stereocenters. The molecule has 0 spiro atoms. The van der Waals surface area contributed by atoms with Crippen LogP contribution in [0.3, 0.4) is 0 Å². The van der Waals surface area contributed by atoms with Crippen molar-refractivity contribution in [2.24, 2.45) is 5.92 Å². The van der Waals surface area contributed by atoms with Crippen molar-refractivity contribution in [2.45, 2.75) is 132 Å². The summed E-state index contributed by atoms with van der Waals surface area (Å²) in [6.07, 6.45) is -5.21. The average Bonchev–Trinajstić information content (AvgIpc) is 4.03. The Labute approximate surface area is 305 Å². The fourth-order valence-corrected chi connectivity index (χ4v) is 8.89. The summed E-state index contributed by atoms with van der Waals surface area (Å²) in [5.74, 6) is -2.79. The maximum Gasteiger partial charge on any atom is 0.425 e. The molecule has 53 heavy (non-hydrogen) atoms. The number of nitrogens with zero attached hydrogens (tertiary/aromatic N) is 2. The summed E-state index contributed by atoms with van der Waals surface area (Å²) < 4.78 is 77.5. The molecule has 292 valence electrons. The summed E-state index contributed by atoms with van der Waals surface area (Å²) in [7, 11) is -3.95. The Hall–Kier alpha value is -4.09. The first-order valence-electron chi connectivity index (χ1n) is 18.3. The fourth-order valence-electron chi connectivity index (χ4n) is 7.53. The van der Waals surface area contributed by atoms with Crippen molar-refractivity contribution in [1.29, 1.82) is 0 Å². The van der Waals surface area contributed by atoms with Crippen molar-refractivity contribution in [3.63, 3.8) is 0 Å². The van der Waals surface area contributed by atoms with E-state index in [4.69, 9.17) is 4.74 Å². The van der Waals surface area contributed by atoms with Crippen LogP contribution in [0.4, 0.5) is 22.8 Å². The summed E-state index contributed by atoms with van der Waals surface area (Å²) in [6, 6.07) is 4.95. The number of rotatable bonds is 6. The van der Waals surface area contributed by atoms with Gasteiger partial charge < -0.3 is 29.9 Å². The molecule has 2 saturated heterocycles. The zero-order valence-electron chi connectivity index (χ0n) is 29.5. The first-order valence-corrected chi connectivity index (χ1v) is 19.9. The first kappa shape index (κ1) is 38.6. The smallest absolute Gasteiger partial charge is 0.425 e. The Bertz CT molecular complexity index is 1710. The van der Waals surface area contributed by atoms with E-state index >= 15 is 0 Å². The van der Waals surface area contributed by atoms with Gasteiger partial charge in [0.05, 0.1) is 11.8 Å². The second-order valence-corrected chi connectivity index (χ2v) is 16.8. The number of sulfonamides is 1. The maximum absolute atomic E-state index is 14.2. The largest absolute Gasteiger partial charge is 0.444 e. The van der Waals surface area contributed by atoms with Crippen molar-refractivity contribution < 1.29 is 55.0 Å². The van der Waals surface area contributed by atoms with E-state index in [0.717, 1.165) is 28.9 Å². The van der Waals surface area contributed by atoms with Gasteiger partial charge in [0.25, 0.3) is 5.91 Å². The van der Waals surface area contributed by atoms with Gasteiger partial charge in [-0.05, 0) is 62.5 Å². The van der Waals surface area contributed by atoms with Gasteiger partial charge in [-0.3, -0.25) is 19.1 Å². The van der Waals surface area contributed by atoms with Crippen molar-refractivity contribution in [3.05, 3.63) is 35.4 Å². The van der Waals surface area contributed by atoms with Crippen LogP contribution in [0, 0.1) is 5.92 Å². The SMILES string of the molecule is CC(OC(=O)N[C@H]1CCCCCCC[C@@H]2C[C@@]2(C(=O)NS(=O)(=O)C2CC2)NC(=O)[C@@H]2C[C@@H](OC(=O)N3CCc4ccccc4C3)CN2C1=O)C(F)(F)F. The highest BCUT2D eigenvalue weighted by molar-refractivity contribution is 7.91. The van der Waals surface area contributed by atoms with Gasteiger partial charge in [-0.25, -0.2) is 18.0 Å². The highest BCUT2D eigenvalue weighted by Crippen LogP contribution is 2.48. The van der Waals surface area contributed by atoms with Gasteiger partial charge in [-0.15, -0.1) is 0 Å². The fraction of sp³-hybridized carbons (Fsp3) is 0.686. The van der Waals surface area contributed by atoms with Crippen molar-refractivity contribution >= 4 is 39.9 Å². The van der Waals surface area contributed by atoms with Crippen LogP contribution in [0.2, 0.25) is 0 Å². The topological polar surface area (TPSA) is 181 Å². The van der Waals surface area contributed by atoms with Gasteiger partial charge in [-0.2, -0.15) is 13.2 Å². The lowest BCUT2D eigenvalue weighted by atomic mass is 10.0. The zero-order valence-corrected chi connectivity index (χ0v) is 30.3. The van der Waals surface area contributed by atoms with E-state index in [2.05, 4.69) is 20.1 Å². The van der Waals surface area contributed by atoms with Crippen molar-refractivity contribution in [1.82, 2.24) is 25.2 Å². The van der Waals surface area contributed by atoms with Gasteiger partial charge in [0.2, 0.25) is 21.8 Å². The highest BCUT2D eigenvalue weighted by Gasteiger charge is 2.62. The third-order valence-electron chi connectivity index (χ3n) is 10.9. The standard InChI is InChI=1S/C35H46F3N5O9S/c1-21(35(36,37)38)51-32(47)39-27-12-6-4-2-3-5-11-24-18-34(24,31(46)41-53(49,50)26-13-14-26)40-29(44)28-17-25(20-43(28)30(27)45)52-33(48)42-16-15-22-9-7-8-10-23(22)19-42/h7-10,21,24-28H,2-6,11-20H2,1H3,(H,39,47)(H,40,44)(H,41,46)/t21?,24-,25-,27+,28+,34-/m1/s1. The van der Waals surface area contributed by atoms with Crippen LogP contribution in [0.5, 0.6) is 0 Å². The molecule has 4 fully saturated rings. The maximum atomic E-state index is 14.2. The van der Waals surface area contributed by atoms with Crippen LogP contribution in [0.15, 0.2) is 24.3 Å². The quantitative estimate of drug-likeness (QED) is 0.391. The summed E-state index contributed by atoms with van der Waals surface area (Å²) in [5, 5.41) is 4.34. The van der Waals surface area contributed by atoms with E-state index in [9.17, 15) is 45.6 Å². The number of ether oxygens (including phenoxy) is 2. The second-order valence-electron chi connectivity index (χ2n) is 14.9. The molecule has 14 nitrogen and oxygen atoms in total. The minimum absolute atomic E-state index is 0.0325. The molecule has 2 aliphatic carbocycles. The molecular weight excluding hydrogens is 723 g/mol. The number of benzene rings is 1. The van der Waals surface area contributed by atoms with Crippen molar-refractivity contribution in [3.8, 4) is 0 Å². The normalized spacial score (nSPS) is 28.8. The predicted molar refractivity (Wildman–Crippen MR) is 181 cm³/mol. The molecule has 0 radical (unpaired) electrons. The summed E-state index contributed by atoms with van der Waals surface area (Å²) in [6.45, 7) is 1.05. The number of alkyl halides is 3. The first-order chi connectivity index (χ1) is 25.1. The second kappa shape index (κ2) is 15.3. The molecule has 0 bridgehead atoms. The van der Waals surface area contributed by atoms with Gasteiger partial charge in [0, 0.05) is 19.5 Å². The van der Waals surface area contributed by atoms with E-state index in [1.54, 1.807) is 0 Å². The third-order valence-corrected chi connectivity index (χ3v) is 12.8. The third kappa shape index (κ3) is 9.00. The van der Waals surface area contributed by atoms with Crippen LogP contribution in [-0.4, -0.2) is 102 Å². The lowest BCUT2D eigenvalue weighted by molar-refractivity contribution is -0.197. The molecule has 6 rings (SSSR count). The Kier molecular flexibility index (Phi) is 11.2. The van der Waals surface area contributed by atoms with E-state index in [-0.39, 0.29) is 31.7 Å². The number of hydrogen-bond acceptors (Lipinski definition) is 9. The van der Waals surface area contributed by atoms with Crippen LogP contribution in [0.25, 0.3) is 0 Å². The predicted octanol–water partition coefficient (Wildman–Crippen LogP) is 3.42. The van der Waals surface area contributed by atoms with Crippen LogP contribution in [-0.2, 0) is 46.8 Å². The zero-order chi connectivity index (χ0) is 38.1. The number of carbonyl (C=O) groups is 5. The molecule has 3 N–H and O–H groups in total. The van der Waals surface area contributed by atoms with Gasteiger partial charge in [-0.1, -0.05) is 56.4 Å². The summed E-state index contributed by atoms with van der Waals surface area (Å²) in [4.78, 5) is 70.7. The number of amides is 5. The molecule has 18 heteroatoms. The number of alkyl carbamates (subject to hydrolysis) is 1. The summed E-state index contributed by atoms with van der Waals surface area (Å²) in [5.41, 5.74) is 0.517. The van der Waals surface area contributed by atoms with Gasteiger partial charge in [0.15, 0.2) is 6.10 Å². The Balaban J connectivity index is 1.24. The van der Waals surface area contributed by atoms with Crippen molar-refractivity contribution in [2.75, 3.05) is 13.1 Å². The molecule has 3 heterocycles. The van der Waals surface area contributed by atoms with Gasteiger partial charge >= 0.3 is 18.4 Å². The molecule has 1 aromatic rings.